The van der Waals surface area contributed by atoms with E-state index in [1.54, 1.807) is 19.9 Å². The lowest BCUT2D eigenvalue weighted by Gasteiger charge is -2.29. The average Bonchev–Trinajstić information content (AvgIpc) is 2.44. The van der Waals surface area contributed by atoms with Crippen molar-refractivity contribution in [3.05, 3.63) is 39.4 Å². The molecule has 0 aliphatic carbocycles. The number of hydrogen-bond acceptors (Lipinski definition) is 4. The number of carbonyl (C=O) groups is 1. The molecule has 0 unspecified atom stereocenters. The Morgan fingerprint density at radius 3 is 2.67 bits per heavy atom. The lowest BCUT2D eigenvalue weighted by molar-refractivity contribution is -0.384. The van der Waals surface area contributed by atoms with Crippen LogP contribution in [0.2, 0.25) is 0 Å². The highest BCUT2D eigenvalue weighted by atomic mass is 16.6. The number of aliphatic hydroxyl groups is 1. The average molecular weight is 294 g/mol. The molecule has 0 aromatic heterocycles. The van der Waals surface area contributed by atoms with Gasteiger partial charge in [0.1, 0.15) is 0 Å². The summed E-state index contributed by atoms with van der Waals surface area (Å²) in [5, 5.41) is 23.7. The van der Waals surface area contributed by atoms with Crippen molar-refractivity contribution in [3.63, 3.8) is 0 Å². The van der Waals surface area contributed by atoms with Crippen LogP contribution in [0.25, 0.3) is 0 Å². The third-order valence-corrected chi connectivity index (χ3v) is 3.96. The first-order valence-electron chi connectivity index (χ1n) is 6.94. The zero-order chi connectivity index (χ0) is 16.2. The third kappa shape index (κ3) is 4.26. The summed E-state index contributed by atoms with van der Waals surface area (Å²) in [6.45, 7) is 7.35. The van der Waals surface area contributed by atoms with Gasteiger partial charge in [-0.25, -0.2) is 0 Å². The zero-order valence-electron chi connectivity index (χ0n) is 12.8. The minimum Gasteiger partial charge on any atom is -0.388 e. The fraction of sp³-hybridized carbons (Fsp3) is 0.533. The number of benzene rings is 1. The van der Waals surface area contributed by atoms with Gasteiger partial charge in [-0.15, -0.1) is 0 Å². The van der Waals surface area contributed by atoms with E-state index in [0.29, 0.717) is 5.56 Å². The molecule has 1 amide bonds. The van der Waals surface area contributed by atoms with Crippen molar-refractivity contribution in [2.75, 3.05) is 6.54 Å². The van der Waals surface area contributed by atoms with Crippen LogP contribution in [0, 0.1) is 23.0 Å². The second kappa shape index (κ2) is 6.67. The standard InChI is InChI=1S/C15H22N2O4/c1-5-11(3)15(4,19)9-16-14(18)13-8-12(17(20)21)7-6-10(13)2/h6-8,11,19H,5,9H2,1-4H3,(H,16,18)/t11-,15+/m1/s1. The molecule has 2 N–H and O–H groups in total. The van der Waals surface area contributed by atoms with Crippen molar-refractivity contribution in [1.82, 2.24) is 5.32 Å². The van der Waals surface area contributed by atoms with E-state index in [2.05, 4.69) is 5.32 Å². The second-order valence-corrected chi connectivity index (χ2v) is 5.61. The zero-order valence-corrected chi connectivity index (χ0v) is 12.8. The van der Waals surface area contributed by atoms with Crippen molar-refractivity contribution in [2.24, 2.45) is 5.92 Å². The summed E-state index contributed by atoms with van der Waals surface area (Å²) in [4.78, 5) is 22.4. The minimum atomic E-state index is -1.01. The van der Waals surface area contributed by atoms with Crippen LogP contribution < -0.4 is 5.32 Å². The number of nitrogens with one attached hydrogen (secondary N) is 1. The van der Waals surface area contributed by atoms with E-state index in [1.807, 2.05) is 13.8 Å². The van der Waals surface area contributed by atoms with Crippen molar-refractivity contribution in [3.8, 4) is 0 Å². The van der Waals surface area contributed by atoms with Crippen LogP contribution in [-0.2, 0) is 0 Å². The van der Waals surface area contributed by atoms with Crippen molar-refractivity contribution >= 4 is 11.6 Å². The highest BCUT2D eigenvalue weighted by Crippen LogP contribution is 2.20. The number of non-ortho nitro benzene ring substituents is 1. The van der Waals surface area contributed by atoms with Crippen LogP contribution >= 0.6 is 0 Å². The third-order valence-electron chi connectivity index (χ3n) is 3.96. The molecule has 21 heavy (non-hydrogen) atoms. The van der Waals surface area contributed by atoms with Crippen LogP contribution in [0.1, 0.15) is 43.1 Å². The van der Waals surface area contributed by atoms with Crippen LogP contribution in [0.15, 0.2) is 18.2 Å². The molecule has 0 bridgehead atoms. The molecule has 0 fully saturated rings. The maximum Gasteiger partial charge on any atom is 0.270 e. The number of hydrogen-bond donors (Lipinski definition) is 2. The molecule has 6 nitrogen and oxygen atoms in total. The summed E-state index contributed by atoms with van der Waals surface area (Å²) in [6, 6.07) is 4.16. The fourth-order valence-electron chi connectivity index (χ4n) is 1.94. The second-order valence-electron chi connectivity index (χ2n) is 5.61. The molecule has 1 aromatic rings. The molecule has 6 heteroatoms. The first-order valence-corrected chi connectivity index (χ1v) is 6.94. The summed E-state index contributed by atoms with van der Waals surface area (Å²) in [7, 11) is 0. The Balaban J connectivity index is 2.85. The van der Waals surface area contributed by atoms with Gasteiger partial charge in [-0.3, -0.25) is 14.9 Å². The quantitative estimate of drug-likeness (QED) is 0.622. The first kappa shape index (κ1) is 17.1. The largest absolute Gasteiger partial charge is 0.388 e. The van der Waals surface area contributed by atoms with Gasteiger partial charge >= 0.3 is 0 Å². The SMILES string of the molecule is CC[C@@H](C)[C@@](C)(O)CNC(=O)c1cc([N+](=O)[O-])ccc1C. The monoisotopic (exact) mass is 294 g/mol. The number of aryl methyl sites for hydroxylation is 1. The predicted octanol–water partition coefficient (Wildman–Crippen LogP) is 2.43. The van der Waals surface area contributed by atoms with Crippen LogP contribution in [0.3, 0.4) is 0 Å². The van der Waals surface area contributed by atoms with Gasteiger partial charge in [0.05, 0.1) is 10.5 Å². The molecule has 1 rings (SSSR count). The van der Waals surface area contributed by atoms with Gasteiger partial charge in [0, 0.05) is 24.2 Å². The Labute approximate surface area is 124 Å². The highest BCUT2D eigenvalue weighted by Gasteiger charge is 2.28. The number of nitro groups is 1. The van der Waals surface area contributed by atoms with Gasteiger partial charge in [-0.1, -0.05) is 26.3 Å². The lowest BCUT2D eigenvalue weighted by atomic mass is 9.88. The van der Waals surface area contributed by atoms with E-state index in [-0.39, 0.29) is 23.7 Å². The predicted molar refractivity (Wildman–Crippen MR) is 80.2 cm³/mol. The van der Waals surface area contributed by atoms with Gasteiger partial charge in [-0.05, 0) is 25.3 Å². The smallest absolute Gasteiger partial charge is 0.270 e. The molecule has 0 saturated heterocycles. The summed E-state index contributed by atoms with van der Waals surface area (Å²) in [6.07, 6.45) is 0.790. The summed E-state index contributed by atoms with van der Waals surface area (Å²) < 4.78 is 0. The van der Waals surface area contributed by atoms with Gasteiger partial charge < -0.3 is 10.4 Å². The molecule has 0 aliphatic rings. The maximum atomic E-state index is 12.2. The Hall–Kier alpha value is -1.95. The van der Waals surface area contributed by atoms with E-state index in [9.17, 15) is 20.0 Å². The number of nitro benzene ring substituents is 1. The van der Waals surface area contributed by atoms with E-state index >= 15 is 0 Å². The summed E-state index contributed by atoms with van der Waals surface area (Å²) in [5.74, 6) is -0.385. The Bertz CT molecular complexity index is 540. The molecule has 1 aromatic carbocycles. The van der Waals surface area contributed by atoms with Gasteiger partial charge in [0.2, 0.25) is 0 Å². The fourth-order valence-corrected chi connectivity index (χ4v) is 1.94. The van der Waals surface area contributed by atoms with Crippen molar-refractivity contribution in [1.29, 1.82) is 0 Å². The number of amides is 1. The van der Waals surface area contributed by atoms with Crippen LogP contribution in [0.4, 0.5) is 5.69 Å². The van der Waals surface area contributed by atoms with Crippen LogP contribution in [-0.4, -0.2) is 28.1 Å². The molecule has 0 heterocycles. The molecule has 116 valence electrons. The van der Waals surface area contributed by atoms with E-state index < -0.39 is 16.4 Å². The summed E-state index contributed by atoms with van der Waals surface area (Å²) in [5.41, 5.74) is -0.233. The Kier molecular flexibility index (Phi) is 5.43. The minimum absolute atomic E-state index is 0.0315. The normalized spacial score (nSPS) is 15.1. The van der Waals surface area contributed by atoms with Gasteiger partial charge in [0.25, 0.3) is 11.6 Å². The molecule has 2 atom stereocenters. The number of nitrogens with zero attached hydrogens (tertiary/aromatic N) is 1. The summed E-state index contributed by atoms with van der Waals surface area (Å²) >= 11 is 0. The molecule has 0 saturated carbocycles. The number of carbonyl (C=O) groups excluding carboxylic acids is 1. The van der Waals surface area contributed by atoms with Crippen LogP contribution in [0.5, 0.6) is 0 Å². The first-order chi connectivity index (χ1) is 9.69. The maximum absolute atomic E-state index is 12.2. The number of rotatable bonds is 6. The highest BCUT2D eigenvalue weighted by molar-refractivity contribution is 5.96. The van der Waals surface area contributed by atoms with Gasteiger partial charge in [0.15, 0.2) is 0 Å². The molecule has 0 aliphatic heterocycles. The molecular formula is C15H22N2O4. The van der Waals surface area contributed by atoms with Crippen molar-refractivity contribution in [2.45, 2.75) is 39.7 Å². The lowest BCUT2D eigenvalue weighted by Crippen LogP contribution is -2.45. The van der Waals surface area contributed by atoms with E-state index in [4.69, 9.17) is 0 Å². The van der Waals surface area contributed by atoms with Gasteiger partial charge in [-0.2, -0.15) is 0 Å². The molecular weight excluding hydrogens is 272 g/mol. The Morgan fingerprint density at radius 1 is 1.52 bits per heavy atom. The van der Waals surface area contributed by atoms with E-state index in [0.717, 1.165) is 6.42 Å². The van der Waals surface area contributed by atoms with Crippen molar-refractivity contribution < 1.29 is 14.8 Å². The molecule has 0 radical (unpaired) electrons. The molecule has 0 spiro atoms. The Morgan fingerprint density at radius 2 is 2.14 bits per heavy atom. The topological polar surface area (TPSA) is 92.5 Å². The van der Waals surface area contributed by atoms with E-state index in [1.165, 1.54) is 12.1 Å².